The first kappa shape index (κ1) is 21.2. The van der Waals surface area contributed by atoms with E-state index in [9.17, 15) is 0 Å². The summed E-state index contributed by atoms with van der Waals surface area (Å²) in [4.78, 5) is 7.62. The van der Waals surface area contributed by atoms with Crippen LogP contribution in [-0.4, -0.2) is 31.6 Å². The minimum atomic E-state index is 0. The van der Waals surface area contributed by atoms with Crippen molar-refractivity contribution >= 4 is 40.8 Å². The minimum absolute atomic E-state index is 0. The standard InChI is InChI=1S/C21H26N4O.HI/c1-22-21(25-13-16-6-5-7-17(12-16)15-26-2)23-11-10-18-14-24-20-9-4-3-8-19(18)20;/h3-9,12,14,24H,10-11,13,15H2,1-2H3,(H2,22,23,25);1H. The first-order valence-corrected chi connectivity index (χ1v) is 8.86. The monoisotopic (exact) mass is 478 g/mol. The molecule has 0 aliphatic carbocycles. The van der Waals surface area contributed by atoms with Crippen LogP contribution >= 0.6 is 24.0 Å². The van der Waals surface area contributed by atoms with Gasteiger partial charge in [-0.05, 0) is 29.2 Å². The molecule has 0 aliphatic heterocycles. The fourth-order valence-corrected chi connectivity index (χ4v) is 3.06. The topological polar surface area (TPSA) is 61.4 Å². The Morgan fingerprint density at radius 2 is 1.89 bits per heavy atom. The molecule has 0 radical (unpaired) electrons. The summed E-state index contributed by atoms with van der Waals surface area (Å²) < 4.78 is 5.19. The van der Waals surface area contributed by atoms with E-state index in [0.29, 0.717) is 6.61 Å². The number of ether oxygens (including phenoxy) is 1. The Bertz CT molecular complexity index is 875. The van der Waals surface area contributed by atoms with Gasteiger partial charge in [0, 0.05) is 44.3 Å². The average Bonchev–Trinajstić information content (AvgIpc) is 3.08. The Labute approximate surface area is 177 Å². The van der Waals surface area contributed by atoms with Crippen LogP contribution in [0.1, 0.15) is 16.7 Å². The van der Waals surface area contributed by atoms with Crippen molar-refractivity contribution < 1.29 is 4.74 Å². The van der Waals surface area contributed by atoms with Gasteiger partial charge >= 0.3 is 0 Å². The number of aromatic nitrogens is 1. The fraction of sp³-hybridized carbons (Fsp3) is 0.286. The third kappa shape index (κ3) is 5.97. The van der Waals surface area contributed by atoms with E-state index in [-0.39, 0.29) is 24.0 Å². The van der Waals surface area contributed by atoms with Crippen LogP contribution in [-0.2, 0) is 24.3 Å². The van der Waals surface area contributed by atoms with Gasteiger partial charge in [0.1, 0.15) is 0 Å². The van der Waals surface area contributed by atoms with Gasteiger partial charge in [0.15, 0.2) is 5.96 Å². The van der Waals surface area contributed by atoms with Gasteiger partial charge in [0.25, 0.3) is 0 Å². The van der Waals surface area contributed by atoms with Crippen molar-refractivity contribution in [3.63, 3.8) is 0 Å². The van der Waals surface area contributed by atoms with Crippen LogP contribution < -0.4 is 10.6 Å². The molecule has 0 atom stereocenters. The lowest BCUT2D eigenvalue weighted by Gasteiger charge is -2.12. The highest BCUT2D eigenvalue weighted by atomic mass is 127. The molecule has 3 rings (SSSR count). The van der Waals surface area contributed by atoms with Crippen LogP contribution in [0.5, 0.6) is 0 Å². The Kier molecular flexibility index (Phi) is 8.60. The normalized spacial score (nSPS) is 11.3. The van der Waals surface area contributed by atoms with E-state index >= 15 is 0 Å². The van der Waals surface area contributed by atoms with Crippen molar-refractivity contribution in [3.05, 3.63) is 71.4 Å². The zero-order valence-corrected chi connectivity index (χ0v) is 18.1. The average molecular weight is 478 g/mol. The molecule has 1 aromatic heterocycles. The lowest BCUT2D eigenvalue weighted by Crippen LogP contribution is -2.37. The van der Waals surface area contributed by atoms with Gasteiger partial charge in [0.2, 0.25) is 0 Å². The highest BCUT2D eigenvalue weighted by Gasteiger charge is 2.04. The summed E-state index contributed by atoms with van der Waals surface area (Å²) in [5.41, 5.74) is 4.88. The molecule has 0 saturated heterocycles. The highest BCUT2D eigenvalue weighted by molar-refractivity contribution is 14.0. The van der Waals surface area contributed by atoms with E-state index in [1.807, 2.05) is 6.07 Å². The van der Waals surface area contributed by atoms with Gasteiger partial charge in [-0.2, -0.15) is 0 Å². The zero-order valence-electron chi connectivity index (χ0n) is 15.8. The largest absolute Gasteiger partial charge is 0.380 e. The smallest absolute Gasteiger partial charge is 0.191 e. The summed E-state index contributed by atoms with van der Waals surface area (Å²) in [7, 11) is 3.51. The second kappa shape index (κ2) is 10.9. The van der Waals surface area contributed by atoms with Crippen LogP contribution in [0.25, 0.3) is 10.9 Å². The van der Waals surface area contributed by atoms with Crippen LogP contribution in [0.4, 0.5) is 0 Å². The number of H-pyrrole nitrogens is 1. The molecule has 27 heavy (non-hydrogen) atoms. The Morgan fingerprint density at radius 3 is 2.70 bits per heavy atom. The molecular formula is C21H27IN4O. The van der Waals surface area contributed by atoms with Crippen molar-refractivity contribution in [2.45, 2.75) is 19.6 Å². The Balaban J connectivity index is 0.00000261. The quantitative estimate of drug-likeness (QED) is 0.275. The van der Waals surface area contributed by atoms with Crippen molar-refractivity contribution in [1.29, 1.82) is 0 Å². The van der Waals surface area contributed by atoms with Gasteiger partial charge in [-0.1, -0.05) is 42.5 Å². The summed E-state index contributed by atoms with van der Waals surface area (Å²) >= 11 is 0. The number of methoxy groups -OCH3 is 1. The van der Waals surface area contributed by atoms with Gasteiger partial charge in [0.05, 0.1) is 6.61 Å². The maximum absolute atomic E-state index is 5.19. The lowest BCUT2D eigenvalue weighted by molar-refractivity contribution is 0.185. The molecule has 2 aromatic carbocycles. The van der Waals surface area contributed by atoms with E-state index in [1.54, 1.807) is 14.2 Å². The van der Waals surface area contributed by atoms with E-state index < -0.39 is 0 Å². The van der Waals surface area contributed by atoms with E-state index in [0.717, 1.165) is 25.5 Å². The number of hydrogen-bond acceptors (Lipinski definition) is 2. The number of hydrogen-bond donors (Lipinski definition) is 3. The molecule has 0 saturated carbocycles. The molecule has 3 N–H and O–H groups in total. The predicted octanol–water partition coefficient (Wildman–Crippen LogP) is 3.84. The summed E-state index contributed by atoms with van der Waals surface area (Å²) in [6.45, 7) is 2.18. The zero-order chi connectivity index (χ0) is 18.2. The molecule has 0 amide bonds. The summed E-state index contributed by atoms with van der Waals surface area (Å²) in [5, 5.41) is 8.03. The number of nitrogens with one attached hydrogen (secondary N) is 3. The number of aromatic amines is 1. The first-order chi connectivity index (χ1) is 12.8. The SMILES string of the molecule is CN=C(NCCc1c[nH]c2ccccc12)NCc1cccc(COC)c1.I. The number of fused-ring (bicyclic) bond motifs is 1. The van der Waals surface area contributed by atoms with Crippen LogP contribution in [0.3, 0.4) is 0 Å². The summed E-state index contributed by atoms with van der Waals surface area (Å²) in [6.07, 6.45) is 3.03. The molecule has 0 unspecified atom stereocenters. The number of aliphatic imine (C=N–C) groups is 1. The molecule has 0 fully saturated rings. The number of para-hydroxylation sites is 1. The van der Waals surface area contributed by atoms with Crippen molar-refractivity contribution in [1.82, 2.24) is 15.6 Å². The molecule has 1 heterocycles. The molecule has 0 aliphatic rings. The second-order valence-electron chi connectivity index (χ2n) is 6.22. The Hall–Kier alpha value is -2.06. The van der Waals surface area contributed by atoms with Crippen molar-refractivity contribution in [2.75, 3.05) is 20.7 Å². The van der Waals surface area contributed by atoms with Crippen LogP contribution in [0, 0.1) is 0 Å². The molecule has 6 heteroatoms. The van der Waals surface area contributed by atoms with Crippen molar-refractivity contribution in [2.24, 2.45) is 4.99 Å². The van der Waals surface area contributed by atoms with Gasteiger partial charge in [-0.15, -0.1) is 24.0 Å². The van der Waals surface area contributed by atoms with E-state index in [4.69, 9.17) is 4.74 Å². The highest BCUT2D eigenvalue weighted by Crippen LogP contribution is 2.17. The molecule has 144 valence electrons. The lowest BCUT2D eigenvalue weighted by atomic mass is 10.1. The van der Waals surface area contributed by atoms with Gasteiger partial charge in [-0.3, -0.25) is 4.99 Å². The molecule has 0 spiro atoms. The maximum atomic E-state index is 5.19. The third-order valence-electron chi connectivity index (χ3n) is 4.35. The summed E-state index contributed by atoms with van der Waals surface area (Å²) in [6, 6.07) is 16.8. The first-order valence-electron chi connectivity index (χ1n) is 8.86. The maximum Gasteiger partial charge on any atom is 0.191 e. The van der Waals surface area contributed by atoms with Crippen LogP contribution in [0.2, 0.25) is 0 Å². The van der Waals surface area contributed by atoms with Gasteiger partial charge in [-0.25, -0.2) is 0 Å². The van der Waals surface area contributed by atoms with E-state index in [2.05, 4.69) is 69.3 Å². The number of rotatable bonds is 7. The fourth-order valence-electron chi connectivity index (χ4n) is 3.06. The van der Waals surface area contributed by atoms with Crippen LogP contribution in [0.15, 0.2) is 59.7 Å². The predicted molar refractivity (Wildman–Crippen MR) is 123 cm³/mol. The number of halogens is 1. The number of guanidine groups is 1. The molecule has 0 bridgehead atoms. The Morgan fingerprint density at radius 1 is 1.07 bits per heavy atom. The molecule has 3 aromatic rings. The molecular weight excluding hydrogens is 451 g/mol. The number of nitrogens with zero attached hydrogens (tertiary/aromatic N) is 1. The second-order valence-corrected chi connectivity index (χ2v) is 6.22. The molecule has 5 nitrogen and oxygen atoms in total. The van der Waals surface area contributed by atoms with Gasteiger partial charge < -0.3 is 20.4 Å². The number of benzene rings is 2. The minimum Gasteiger partial charge on any atom is -0.380 e. The van der Waals surface area contributed by atoms with Crippen molar-refractivity contribution in [3.8, 4) is 0 Å². The summed E-state index contributed by atoms with van der Waals surface area (Å²) in [5.74, 6) is 0.807. The van der Waals surface area contributed by atoms with E-state index in [1.165, 1.54) is 27.6 Å². The third-order valence-corrected chi connectivity index (χ3v) is 4.35.